The van der Waals surface area contributed by atoms with Crippen LogP contribution in [0.2, 0.25) is 0 Å². The van der Waals surface area contributed by atoms with E-state index in [4.69, 9.17) is 4.74 Å². The van der Waals surface area contributed by atoms with Crippen molar-refractivity contribution >= 4 is 0 Å². The summed E-state index contributed by atoms with van der Waals surface area (Å²) in [6, 6.07) is 8.43. The van der Waals surface area contributed by atoms with Crippen LogP contribution < -0.4 is 10.1 Å². The third-order valence-corrected chi connectivity index (χ3v) is 3.13. The standard InChI is InChI=1S/C14H20N4O/c1-3-13(12-6-4-5-7-14(12)19-2)15-8-10-18-11-9-16-17-18/h4-7,9,11,13,15H,3,8,10H2,1-2H3. The first kappa shape index (κ1) is 13.5. The van der Waals surface area contributed by atoms with Gasteiger partial charge in [0.1, 0.15) is 5.75 Å². The lowest BCUT2D eigenvalue weighted by molar-refractivity contribution is 0.394. The third kappa shape index (κ3) is 3.54. The molecule has 0 fully saturated rings. The van der Waals surface area contributed by atoms with Crippen LogP contribution in [0.4, 0.5) is 0 Å². The number of aromatic nitrogens is 3. The largest absolute Gasteiger partial charge is 0.496 e. The van der Waals surface area contributed by atoms with E-state index in [1.54, 1.807) is 13.3 Å². The fourth-order valence-electron chi connectivity index (χ4n) is 2.13. The van der Waals surface area contributed by atoms with Crippen LogP contribution in [0.1, 0.15) is 24.9 Å². The molecule has 1 heterocycles. The van der Waals surface area contributed by atoms with Gasteiger partial charge >= 0.3 is 0 Å². The molecule has 1 unspecified atom stereocenters. The van der Waals surface area contributed by atoms with E-state index < -0.39 is 0 Å². The molecule has 19 heavy (non-hydrogen) atoms. The van der Waals surface area contributed by atoms with Gasteiger partial charge in [-0.2, -0.15) is 0 Å². The fraction of sp³-hybridized carbons (Fsp3) is 0.429. The maximum atomic E-state index is 5.41. The Morgan fingerprint density at radius 1 is 1.37 bits per heavy atom. The van der Waals surface area contributed by atoms with E-state index in [0.717, 1.165) is 25.3 Å². The van der Waals surface area contributed by atoms with Crippen LogP contribution in [0.25, 0.3) is 0 Å². The molecule has 1 aromatic carbocycles. The maximum absolute atomic E-state index is 5.41. The quantitative estimate of drug-likeness (QED) is 0.827. The topological polar surface area (TPSA) is 52.0 Å². The van der Waals surface area contributed by atoms with Crippen LogP contribution in [0.3, 0.4) is 0 Å². The second-order valence-electron chi connectivity index (χ2n) is 4.32. The zero-order chi connectivity index (χ0) is 13.5. The summed E-state index contributed by atoms with van der Waals surface area (Å²) in [6.45, 7) is 3.82. The molecule has 1 atom stereocenters. The van der Waals surface area contributed by atoms with Crippen LogP contribution >= 0.6 is 0 Å². The minimum absolute atomic E-state index is 0.291. The Kier molecular flexibility index (Phi) is 4.92. The van der Waals surface area contributed by atoms with Gasteiger partial charge in [0, 0.05) is 24.3 Å². The number of methoxy groups -OCH3 is 1. The Bertz CT molecular complexity index is 484. The van der Waals surface area contributed by atoms with E-state index in [1.807, 2.05) is 29.1 Å². The lowest BCUT2D eigenvalue weighted by atomic mass is 10.0. The highest BCUT2D eigenvalue weighted by Crippen LogP contribution is 2.26. The third-order valence-electron chi connectivity index (χ3n) is 3.13. The van der Waals surface area contributed by atoms with Crippen molar-refractivity contribution < 1.29 is 4.74 Å². The molecule has 0 aliphatic rings. The van der Waals surface area contributed by atoms with Gasteiger partial charge in [0.15, 0.2) is 0 Å². The molecule has 0 spiro atoms. The number of hydrogen-bond donors (Lipinski definition) is 1. The zero-order valence-corrected chi connectivity index (χ0v) is 11.4. The Balaban J connectivity index is 1.95. The summed E-state index contributed by atoms with van der Waals surface area (Å²) < 4.78 is 7.23. The van der Waals surface area contributed by atoms with Crippen LogP contribution in [-0.4, -0.2) is 28.6 Å². The molecule has 5 nitrogen and oxygen atoms in total. The van der Waals surface area contributed by atoms with Crippen LogP contribution in [0.5, 0.6) is 5.75 Å². The van der Waals surface area contributed by atoms with Crippen molar-refractivity contribution in [2.75, 3.05) is 13.7 Å². The van der Waals surface area contributed by atoms with Gasteiger partial charge in [-0.3, -0.25) is 4.68 Å². The van der Waals surface area contributed by atoms with Gasteiger partial charge in [-0.15, -0.1) is 5.10 Å². The Hall–Kier alpha value is -1.88. The van der Waals surface area contributed by atoms with E-state index in [-0.39, 0.29) is 0 Å². The van der Waals surface area contributed by atoms with Crippen LogP contribution in [-0.2, 0) is 6.54 Å². The second-order valence-corrected chi connectivity index (χ2v) is 4.32. The van der Waals surface area contributed by atoms with Crippen molar-refractivity contribution in [3.63, 3.8) is 0 Å². The predicted octanol–water partition coefficient (Wildman–Crippen LogP) is 2.03. The van der Waals surface area contributed by atoms with Gasteiger partial charge in [0.05, 0.1) is 19.9 Å². The average molecular weight is 260 g/mol. The highest BCUT2D eigenvalue weighted by molar-refractivity contribution is 5.35. The Morgan fingerprint density at radius 2 is 2.21 bits per heavy atom. The van der Waals surface area contributed by atoms with Crippen molar-refractivity contribution in [2.45, 2.75) is 25.9 Å². The summed E-state index contributed by atoms with van der Waals surface area (Å²) in [5, 5.41) is 11.3. The summed E-state index contributed by atoms with van der Waals surface area (Å²) in [5.74, 6) is 0.933. The van der Waals surface area contributed by atoms with E-state index in [2.05, 4.69) is 28.6 Å². The molecule has 1 aromatic heterocycles. The summed E-state index contributed by atoms with van der Waals surface area (Å²) in [5.41, 5.74) is 1.20. The summed E-state index contributed by atoms with van der Waals surface area (Å²) in [4.78, 5) is 0. The Morgan fingerprint density at radius 3 is 2.89 bits per heavy atom. The van der Waals surface area contributed by atoms with E-state index in [1.165, 1.54) is 5.56 Å². The molecule has 102 valence electrons. The molecule has 1 N–H and O–H groups in total. The lowest BCUT2D eigenvalue weighted by Gasteiger charge is -2.19. The van der Waals surface area contributed by atoms with Crippen molar-refractivity contribution in [3.8, 4) is 5.75 Å². The van der Waals surface area contributed by atoms with Crippen molar-refractivity contribution in [1.82, 2.24) is 20.3 Å². The molecule has 0 aliphatic heterocycles. The van der Waals surface area contributed by atoms with Gasteiger partial charge < -0.3 is 10.1 Å². The number of rotatable bonds is 7. The predicted molar refractivity (Wildman–Crippen MR) is 74.1 cm³/mol. The van der Waals surface area contributed by atoms with Crippen molar-refractivity contribution in [2.24, 2.45) is 0 Å². The molecule has 2 aromatic rings. The van der Waals surface area contributed by atoms with Gasteiger partial charge in [-0.05, 0) is 12.5 Å². The van der Waals surface area contributed by atoms with Crippen LogP contribution in [0.15, 0.2) is 36.7 Å². The maximum Gasteiger partial charge on any atom is 0.123 e. The first-order chi connectivity index (χ1) is 9.35. The minimum atomic E-state index is 0.291. The molecule has 0 amide bonds. The van der Waals surface area contributed by atoms with Gasteiger partial charge in [0.2, 0.25) is 0 Å². The van der Waals surface area contributed by atoms with E-state index >= 15 is 0 Å². The molecular weight excluding hydrogens is 240 g/mol. The monoisotopic (exact) mass is 260 g/mol. The highest BCUT2D eigenvalue weighted by Gasteiger charge is 2.12. The highest BCUT2D eigenvalue weighted by atomic mass is 16.5. The minimum Gasteiger partial charge on any atom is -0.496 e. The SMILES string of the molecule is CCC(NCCn1ccnn1)c1ccccc1OC. The molecule has 0 radical (unpaired) electrons. The molecule has 2 rings (SSSR count). The van der Waals surface area contributed by atoms with E-state index in [0.29, 0.717) is 6.04 Å². The van der Waals surface area contributed by atoms with Gasteiger partial charge in [-0.1, -0.05) is 30.3 Å². The molecule has 5 heteroatoms. The number of nitrogens with one attached hydrogen (secondary N) is 1. The molecule has 0 bridgehead atoms. The number of benzene rings is 1. The number of nitrogens with zero attached hydrogens (tertiary/aromatic N) is 3. The first-order valence-corrected chi connectivity index (χ1v) is 6.55. The first-order valence-electron chi connectivity index (χ1n) is 6.55. The average Bonchev–Trinajstić information content (AvgIpc) is 2.97. The zero-order valence-electron chi connectivity index (χ0n) is 11.4. The smallest absolute Gasteiger partial charge is 0.123 e. The molecule has 0 saturated carbocycles. The van der Waals surface area contributed by atoms with E-state index in [9.17, 15) is 0 Å². The Labute approximate surface area is 113 Å². The summed E-state index contributed by atoms with van der Waals surface area (Å²) >= 11 is 0. The molecule has 0 saturated heterocycles. The van der Waals surface area contributed by atoms with Gasteiger partial charge in [0.25, 0.3) is 0 Å². The van der Waals surface area contributed by atoms with Gasteiger partial charge in [-0.25, -0.2) is 0 Å². The summed E-state index contributed by atoms with van der Waals surface area (Å²) in [7, 11) is 1.71. The van der Waals surface area contributed by atoms with Crippen molar-refractivity contribution in [1.29, 1.82) is 0 Å². The normalized spacial score (nSPS) is 12.3. The van der Waals surface area contributed by atoms with Crippen molar-refractivity contribution in [3.05, 3.63) is 42.2 Å². The number of ether oxygens (including phenoxy) is 1. The second kappa shape index (κ2) is 6.89. The van der Waals surface area contributed by atoms with Crippen LogP contribution in [0, 0.1) is 0 Å². The molecular formula is C14H20N4O. The summed E-state index contributed by atoms with van der Waals surface area (Å²) in [6.07, 6.45) is 4.57. The molecule has 0 aliphatic carbocycles. The lowest BCUT2D eigenvalue weighted by Crippen LogP contribution is -2.25. The number of para-hydroxylation sites is 1. The number of hydrogen-bond acceptors (Lipinski definition) is 4. The fourth-order valence-corrected chi connectivity index (χ4v) is 2.13.